The second-order valence-electron chi connectivity index (χ2n) is 3.44. The molecule has 4 nitrogen and oxygen atoms in total. The van der Waals surface area contributed by atoms with Crippen LogP contribution in [-0.2, 0) is 0 Å². The van der Waals surface area contributed by atoms with E-state index in [9.17, 15) is 0 Å². The van der Waals surface area contributed by atoms with Crippen molar-refractivity contribution in [1.29, 1.82) is 0 Å². The quantitative estimate of drug-likeness (QED) is 0.880. The third-order valence-electron chi connectivity index (χ3n) is 2.55. The molecule has 0 radical (unpaired) electrons. The Kier molecular flexibility index (Phi) is 3.29. The predicted molar refractivity (Wildman–Crippen MR) is 61.7 cm³/mol. The molecule has 15 heavy (non-hydrogen) atoms. The minimum absolute atomic E-state index is 0.375. The summed E-state index contributed by atoms with van der Waals surface area (Å²) in [4.78, 5) is 2.19. The van der Waals surface area contributed by atoms with E-state index in [2.05, 4.69) is 27.3 Å². The third-order valence-corrected chi connectivity index (χ3v) is 3.01. The number of anilines is 1. The Morgan fingerprint density at radius 2 is 2.20 bits per heavy atom. The van der Waals surface area contributed by atoms with Gasteiger partial charge in [0, 0.05) is 25.7 Å². The normalized spacial score (nSPS) is 16.2. The Hall–Kier alpha value is -0.580. The van der Waals surface area contributed by atoms with E-state index in [0.29, 0.717) is 16.3 Å². The zero-order chi connectivity index (χ0) is 10.8. The van der Waals surface area contributed by atoms with Crippen LogP contribution in [0.3, 0.4) is 0 Å². The van der Waals surface area contributed by atoms with Gasteiger partial charge < -0.3 is 10.2 Å². The van der Waals surface area contributed by atoms with E-state index in [0.717, 1.165) is 25.3 Å². The maximum Gasteiger partial charge on any atom is 0.175 e. The van der Waals surface area contributed by atoms with Gasteiger partial charge in [-0.2, -0.15) is 0 Å². The van der Waals surface area contributed by atoms with E-state index in [1.165, 1.54) is 0 Å². The van der Waals surface area contributed by atoms with Gasteiger partial charge in [-0.05, 0) is 6.92 Å². The van der Waals surface area contributed by atoms with Crippen LogP contribution < -0.4 is 10.2 Å². The molecule has 0 atom stereocenters. The van der Waals surface area contributed by atoms with Gasteiger partial charge >= 0.3 is 0 Å². The van der Waals surface area contributed by atoms with E-state index in [-0.39, 0.29) is 0 Å². The number of aromatic nitrogens is 2. The van der Waals surface area contributed by atoms with Gasteiger partial charge in [0.1, 0.15) is 0 Å². The highest BCUT2D eigenvalue weighted by Gasteiger charge is 2.25. The summed E-state index contributed by atoms with van der Waals surface area (Å²) < 4.78 is 0. The summed E-state index contributed by atoms with van der Waals surface area (Å²) in [6.07, 6.45) is 0. The summed E-state index contributed by atoms with van der Waals surface area (Å²) in [5.74, 6) is 0. The first kappa shape index (κ1) is 10.9. The first-order valence-electron chi connectivity index (χ1n) is 4.88. The average molecular weight is 247 g/mol. The van der Waals surface area contributed by atoms with E-state index in [1.54, 1.807) is 6.07 Å². The summed E-state index contributed by atoms with van der Waals surface area (Å²) in [6, 6.07) is 2.24. The van der Waals surface area contributed by atoms with Gasteiger partial charge in [0.05, 0.1) is 11.7 Å². The molecule has 82 valence electrons. The van der Waals surface area contributed by atoms with Gasteiger partial charge in [-0.1, -0.05) is 23.2 Å². The molecule has 1 saturated heterocycles. The first-order valence-corrected chi connectivity index (χ1v) is 5.64. The number of likely N-dealkylation sites (N-methyl/N-ethyl adjacent to an activating group) is 1. The SMILES string of the molecule is CCN(c1cc(Cl)nnc1Cl)C1CNC1. The van der Waals surface area contributed by atoms with Crippen LogP contribution in [0, 0.1) is 0 Å². The number of nitrogens with one attached hydrogen (secondary N) is 1. The molecule has 6 heteroatoms. The average Bonchev–Trinajstić information content (AvgIpc) is 2.15. The Balaban J connectivity index is 2.28. The molecule has 0 aliphatic carbocycles. The van der Waals surface area contributed by atoms with Crippen molar-refractivity contribution in [1.82, 2.24) is 15.5 Å². The molecule has 0 saturated carbocycles. The van der Waals surface area contributed by atoms with Gasteiger partial charge in [-0.15, -0.1) is 10.2 Å². The third kappa shape index (κ3) is 2.17. The fraction of sp³-hybridized carbons (Fsp3) is 0.556. The summed E-state index contributed by atoms with van der Waals surface area (Å²) in [5, 5.41) is 11.5. The van der Waals surface area contributed by atoms with Gasteiger partial charge in [0.25, 0.3) is 0 Å². The molecule has 1 aromatic heterocycles. The number of rotatable bonds is 3. The second-order valence-corrected chi connectivity index (χ2v) is 4.19. The van der Waals surface area contributed by atoms with Crippen LogP contribution in [0.4, 0.5) is 5.69 Å². The molecule has 0 aromatic carbocycles. The van der Waals surface area contributed by atoms with Crippen molar-refractivity contribution in [3.05, 3.63) is 16.4 Å². The maximum atomic E-state index is 6.00. The number of nitrogens with zero attached hydrogens (tertiary/aromatic N) is 3. The van der Waals surface area contributed by atoms with Gasteiger partial charge in [0.2, 0.25) is 0 Å². The standard InChI is InChI=1S/C9H12Cl2N4/c1-2-15(6-4-12-5-6)7-3-8(10)13-14-9(7)11/h3,6,12H,2,4-5H2,1H3. The predicted octanol–water partition coefficient (Wildman–Crippen LogP) is 1.58. The number of hydrogen-bond donors (Lipinski definition) is 1. The summed E-state index contributed by atoms with van der Waals surface area (Å²) in [6.45, 7) is 4.92. The van der Waals surface area contributed by atoms with Crippen molar-refractivity contribution in [2.24, 2.45) is 0 Å². The van der Waals surface area contributed by atoms with Crippen LogP contribution in [0.15, 0.2) is 6.07 Å². The van der Waals surface area contributed by atoms with Crippen LogP contribution >= 0.6 is 23.2 Å². The van der Waals surface area contributed by atoms with Crippen LogP contribution in [0.2, 0.25) is 10.3 Å². The smallest absolute Gasteiger partial charge is 0.175 e. The van der Waals surface area contributed by atoms with Gasteiger partial charge in [-0.25, -0.2) is 0 Å². The highest BCUT2D eigenvalue weighted by molar-refractivity contribution is 6.33. The van der Waals surface area contributed by atoms with Crippen molar-refractivity contribution in [2.75, 3.05) is 24.5 Å². The van der Waals surface area contributed by atoms with Crippen molar-refractivity contribution in [3.8, 4) is 0 Å². The monoisotopic (exact) mass is 246 g/mol. The lowest BCUT2D eigenvalue weighted by molar-refractivity contribution is 0.417. The van der Waals surface area contributed by atoms with Crippen LogP contribution in [-0.4, -0.2) is 35.9 Å². The van der Waals surface area contributed by atoms with Crippen molar-refractivity contribution in [3.63, 3.8) is 0 Å². The van der Waals surface area contributed by atoms with E-state index in [1.807, 2.05) is 0 Å². The lowest BCUT2D eigenvalue weighted by atomic mass is 10.1. The zero-order valence-corrected chi connectivity index (χ0v) is 9.89. The molecule has 1 N–H and O–H groups in total. The molecular weight excluding hydrogens is 235 g/mol. The van der Waals surface area contributed by atoms with Gasteiger partial charge in [0.15, 0.2) is 10.3 Å². The second kappa shape index (κ2) is 4.51. The maximum absolute atomic E-state index is 6.00. The van der Waals surface area contributed by atoms with Crippen LogP contribution in [0.1, 0.15) is 6.92 Å². The first-order chi connectivity index (χ1) is 7.22. The Morgan fingerprint density at radius 1 is 1.47 bits per heavy atom. The Labute approximate surface area is 98.6 Å². The topological polar surface area (TPSA) is 41.1 Å². The largest absolute Gasteiger partial charge is 0.364 e. The fourth-order valence-electron chi connectivity index (χ4n) is 1.66. The Bertz CT molecular complexity index is 354. The lowest BCUT2D eigenvalue weighted by Gasteiger charge is -2.39. The highest BCUT2D eigenvalue weighted by Crippen LogP contribution is 2.27. The Morgan fingerprint density at radius 3 is 2.73 bits per heavy atom. The molecular formula is C9H12Cl2N4. The lowest BCUT2D eigenvalue weighted by Crippen LogP contribution is -2.57. The zero-order valence-electron chi connectivity index (χ0n) is 8.37. The highest BCUT2D eigenvalue weighted by atomic mass is 35.5. The number of halogens is 2. The van der Waals surface area contributed by atoms with Crippen molar-refractivity contribution >= 4 is 28.9 Å². The molecule has 0 bridgehead atoms. The molecule has 0 unspecified atom stereocenters. The minimum Gasteiger partial charge on any atom is -0.364 e. The van der Waals surface area contributed by atoms with Crippen molar-refractivity contribution < 1.29 is 0 Å². The fourth-order valence-corrected chi connectivity index (χ4v) is 2.01. The summed E-state index contributed by atoms with van der Waals surface area (Å²) in [5.41, 5.74) is 0.866. The summed E-state index contributed by atoms with van der Waals surface area (Å²) in [7, 11) is 0. The van der Waals surface area contributed by atoms with E-state index < -0.39 is 0 Å². The molecule has 0 spiro atoms. The molecule has 1 fully saturated rings. The molecule has 1 aliphatic heterocycles. The van der Waals surface area contributed by atoms with E-state index in [4.69, 9.17) is 23.2 Å². The molecule has 1 aliphatic rings. The molecule has 2 rings (SSSR count). The molecule has 2 heterocycles. The van der Waals surface area contributed by atoms with Crippen molar-refractivity contribution in [2.45, 2.75) is 13.0 Å². The van der Waals surface area contributed by atoms with Crippen LogP contribution in [0.25, 0.3) is 0 Å². The molecule has 1 aromatic rings. The minimum atomic E-state index is 0.375. The summed E-state index contributed by atoms with van der Waals surface area (Å²) >= 11 is 11.8. The number of hydrogen-bond acceptors (Lipinski definition) is 4. The molecule has 0 amide bonds. The van der Waals surface area contributed by atoms with E-state index >= 15 is 0 Å². The van der Waals surface area contributed by atoms with Gasteiger partial charge in [-0.3, -0.25) is 0 Å². The van der Waals surface area contributed by atoms with Crippen LogP contribution in [0.5, 0.6) is 0 Å².